The number of benzene rings is 4. The first kappa shape index (κ1) is 46.0. The van der Waals surface area contributed by atoms with Crippen molar-refractivity contribution in [1.82, 2.24) is 5.32 Å². The third-order valence-electron chi connectivity index (χ3n) is 10.1. The van der Waals surface area contributed by atoms with E-state index in [1.54, 1.807) is 18.2 Å². The van der Waals surface area contributed by atoms with Crippen LogP contribution in [-0.4, -0.2) is 92.0 Å². The van der Waals surface area contributed by atoms with E-state index in [0.717, 1.165) is 62.3 Å². The highest BCUT2D eigenvalue weighted by Gasteiger charge is 2.56. The van der Waals surface area contributed by atoms with Crippen LogP contribution in [0.15, 0.2) is 91.0 Å². The highest BCUT2D eigenvalue weighted by atomic mass is 16.7. The smallest absolute Gasteiger partial charge is 0.467 e. The van der Waals surface area contributed by atoms with Crippen molar-refractivity contribution < 1.29 is 76.3 Å². The number of esters is 4. The lowest BCUT2D eigenvalue weighted by atomic mass is 9.97. The molecule has 6 rings (SSSR count). The van der Waals surface area contributed by atoms with Gasteiger partial charge >= 0.3 is 36.1 Å². The van der Waals surface area contributed by atoms with Gasteiger partial charge in [0, 0.05) is 50.9 Å². The maximum Gasteiger partial charge on any atom is 0.514 e. The average Bonchev–Trinajstić information content (AvgIpc) is 3.58. The molecule has 0 radical (unpaired) electrons. The summed E-state index contributed by atoms with van der Waals surface area (Å²) in [7, 11) is 1.04. The number of rotatable bonds is 16. The summed E-state index contributed by atoms with van der Waals surface area (Å²) in [6.45, 7) is 3.02. The third-order valence-corrected chi connectivity index (χ3v) is 10.1. The fourth-order valence-electron chi connectivity index (χ4n) is 7.31. The highest BCUT2D eigenvalue weighted by Crippen LogP contribution is 2.44. The number of fused-ring (bicyclic) bond motifs is 3. The number of nitro benzene ring substituents is 1. The molecule has 64 heavy (non-hydrogen) atoms. The van der Waals surface area contributed by atoms with Crippen LogP contribution in [0.5, 0.6) is 11.5 Å². The first-order chi connectivity index (χ1) is 30.7. The van der Waals surface area contributed by atoms with Crippen molar-refractivity contribution in [1.29, 1.82) is 0 Å². The number of ether oxygens (including phenoxy) is 9. The second-order valence-electron chi connectivity index (χ2n) is 14.5. The van der Waals surface area contributed by atoms with E-state index in [4.69, 9.17) is 42.6 Å². The van der Waals surface area contributed by atoms with Crippen molar-refractivity contribution in [3.8, 4) is 22.6 Å². The molecule has 19 heteroatoms. The van der Waals surface area contributed by atoms with Gasteiger partial charge in [-0.05, 0) is 58.9 Å². The Morgan fingerprint density at radius 1 is 0.750 bits per heavy atom. The van der Waals surface area contributed by atoms with Gasteiger partial charge < -0.3 is 47.9 Å². The monoisotopic (exact) mass is 884 g/mol. The highest BCUT2D eigenvalue weighted by molar-refractivity contribution is 5.79. The molecule has 1 saturated heterocycles. The summed E-state index contributed by atoms with van der Waals surface area (Å²) < 4.78 is 49.5. The number of hydrogen-bond acceptors (Lipinski definition) is 17. The number of nitro groups is 1. The molecule has 1 aliphatic carbocycles. The van der Waals surface area contributed by atoms with E-state index in [1.807, 2.05) is 48.5 Å². The summed E-state index contributed by atoms with van der Waals surface area (Å²) in [5.41, 5.74) is 4.98. The first-order valence-corrected chi connectivity index (χ1v) is 19.9. The number of carbonyl (C=O) groups excluding carboxylic acids is 6. The standard InChI is InChI=1S/C45H44N2O17/c1-25(48)59-38-39(60-26(2)49)41(61-27(3)50)43(64-40(38)42(51)56-4)63-37-22-28(15-16-29(37)23-58-45(53)62-31-19-17-30(18-20-31)47(54)55)10-9-21-46-44(52)57-24-36-34-13-7-5-11-32(34)33-12-6-8-14-35(33)36/h5-8,11-20,22,36,38-41,43H,9-10,21,23-24H2,1-4H3,(H,46,52)/t38-,39-,40-,41+,43+/m0/s1. The maximum absolute atomic E-state index is 13.0. The molecule has 19 nitrogen and oxygen atoms in total. The Bertz CT molecular complexity index is 2340. The van der Waals surface area contributed by atoms with Crippen LogP contribution in [0.3, 0.4) is 0 Å². The van der Waals surface area contributed by atoms with Crippen molar-refractivity contribution in [2.24, 2.45) is 0 Å². The summed E-state index contributed by atoms with van der Waals surface area (Å²) in [6.07, 6.45) is -9.42. The Labute approximate surface area is 365 Å². The van der Waals surface area contributed by atoms with Crippen LogP contribution in [0.4, 0.5) is 15.3 Å². The molecule has 2 aliphatic rings. The number of nitrogens with one attached hydrogen (secondary N) is 1. The van der Waals surface area contributed by atoms with Gasteiger partial charge in [-0.1, -0.05) is 60.7 Å². The van der Waals surface area contributed by atoms with Gasteiger partial charge in [-0.15, -0.1) is 0 Å². The molecule has 4 aromatic carbocycles. The number of nitrogens with zero attached hydrogens (tertiary/aromatic N) is 1. The fourth-order valence-corrected chi connectivity index (χ4v) is 7.31. The molecule has 0 spiro atoms. The van der Waals surface area contributed by atoms with Gasteiger partial charge in [0.2, 0.25) is 12.4 Å². The van der Waals surface area contributed by atoms with Crippen LogP contribution >= 0.6 is 0 Å². The number of hydrogen-bond donors (Lipinski definition) is 1. The topological polar surface area (TPSA) is 241 Å². The molecule has 4 aromatic rings. The van der Waals surface area contributed by atoms with Gasteiger partial charge in [-0.25, -0.2) is 14.4 Å². The molecule has 0 aromatic heterocycles. The number of methoxy groups -OCH3 is 1. The second-order valence-corrected chi connectivity index (χ2v) is 14.5. The molecule has 1 N–H and O–H groups in total. The number of amides is 1. The van der Waals surface area contributed by atoms with Gasteiger partial charge in [-0.3, -0.25) is 24.5 Å². The number of alkyl carbamates (subject to hydrolysis) is 1. The molecule has 0 bridgehead atoms. The van der Waals surface area contributed by atoms with E-state index in [2.05, 4.69) is 5.32 Å². The maximum atomic E-state index is 13.0. The molecule has 1 amide bonds. The Morgan fingerprint density at radius 3 is 1.97 bits per heavy atom. The number of non-ortho nitro benzene ring substituents is 1. The van der Waals surface area contributed by atoms with Crippen molar-refractivity contribution in [3.05, 3.63) is 123 Å². The number of aryl methyl sites for hydroxylation is 1. The Hall–Kier alpha value is -7.54. The summed E-state index contributed by atoms with van der Waals surface area (Å²) >= 11 is 0. The van der Waals surface area contributed by atoms with Crippen molar-refractivity contribution in [3.63, 3.8) is 0 Å². The minimum atomic E-state index is -1.75. The third kappa shape index (κ3) is 11.5. The zero-order chi connectivity index (χ0) is 45.9. The van der Waals surface area contributed by atoms with E-state index >= 15 is 0 Å². The molecule has 0 unspecified atom stereocenters. The van der Waals surface area contributed by atoms with Crippen LogP contribution in [0.1, 0.15) is 55.4 Å². The van der Waals surface area contributed by atoms with Gasteiger partial charge in [0.05, 0.1) is 12.0 Å². The molecular weight excluding hydrogens is 840 g/mol. The van der Waals surface area contributed by atoms with Crippen molar-refractivity contribution >= 4 is 41.8 Å². The lowest BCUT2D eigenvalue weighted by Crippen LogP contribution is -2.64. The minimum Gasteiger partial charge on any atom is -0.467 e. The number of carbonyl (C=O) groups is 6. The Kier molecular flexibility index (Phi) is 15.1. The van der Waals surface area contributed by atoms with E-state index in [1.165, 1.54) is 12.1 Å². The molecule has 1 fully saturated rings. The van der Waals surface area contributed by atoms with E-state index in [-0.39, 0.29) is 41.8 Å². The zero-order valence-electron chi connectivity index (χ0n) is 35.0. The van der Waals surface area contributed by atoms with Gasteiger partial charge in [-0.2, -0.15) is 0 Å². The molecule has 1 heterocycles. The van der Waals surface area contributed by atoms with E-state index in [9.17, 15) is 38.9 Å². The zero-order valence-corrected chi connectivity index (χ0v) is 35.0. The normalized spacial score (nSPS) is 18.5. The summed E-state index contributed by atoms with van der Waals surface area (Å²) in [5.74, 6) is -3.89. The second kappa shape index (κ2) is 21.0. The summed E-state index contributed by atoms with van der Waals surface area (Å²) in [6, 6.07) is 25.5. The van der Waals surface area contributed by atoms with Gasteiger partial charge in [0.1, 0.15) is 24.7 Å². The molecule has 1 aliphatic heterocycles. The van der Waals surface area contributed by atoms with Crippen LogP contribution < -0.4 is 14.8 Å². The Morgan fingerprint density at radius 2 is 1.36 bits per heavy atom. The predicted molar refractivity (Wildman–Crippen MR) is 220 cm³/mol. The van der Waals surface area contributed by atoms with Gasteiger partial charge in [0.15, 0.2) is 18.3 Å². The lowest BCUT2D eigenvalue weighted by molar-refractivity contribution is -0.384. The summed E-state index contributed by atoms with van der Waals surface area (Å²) in [5, 5.41) is 13.8. The van der Waals surface area contributed by atoms with Gasteiger partial charge in [0.25, 0.3) is 5.69 Å². The fraction of sp³-hybridized carbons (Fsp3) is 0.333. The molecule has 0 saturated carbocycles. The van der Waals surface area contributed by atoms with Crippen LogP contribution in [0.2, 0.25) is 0 Å². The Balaban J connectivity index is 1.18. The van der Waals surface area contributed by atoms with E-state index < -0.39 is 78.4 Å². The predicted octanol–water partition coefficient (Wildman–Crippen LogP) is 5.85. The molecule has 336 valence electrons. The summed E-state index contributed by atoms with van der Waals surface area (Å²) in [4.78, 5) is 86.0. The van der Waals surface area contributed by atoms with E-state index in [0.29, 0.717) is 18.4 Å². The van der Waals surface area contributed by atoms with Crippen LogP contribution in [0.25, 0.3) is 11.1 Å². The average molecular weight is 885 g/mol. The van der Waals surface area contributed by atoms with Crippen molar-refractivity contribution in [2.75, 3.05) is 20.3 Å². The largest absolute Gasteiger partial charge is 0.514 e. The molecular formula is C45H44N2O17. The lowest BCUT2D eigenvalue weighted by Gasteiger charge is -2.43. The minimum absolute atomic E-state index is 0.0246. The first-order valence-electron chi connectivity index (χ1n) is 19.9. The quantitative estimate of drug-likeness (QED) is 0.0346. The SMILES string of the molecule is COC(=O)[C@H]1O[C@@H](Oc2cc(CCCNC(=O)OCC3c4ccccc4-c4ccccc43)ccc2COC(=O)Oc2ccc([N+](=O)[O-])cc2)[C@H](OC(C)=O)[C@@H](OC(C)=O)[C@@H]1OC(C)=O. The van der Waals surface area contributed by atoms with Crippen molar-refractivity contribution in [2.45, 2.75) is 76.8 Å². The molecule has 5 atom stereocenters. The van der Waals surface area contributed by atoms with Crippen LogP contribution in [0, 0.1) is 10.1 Å². The van der Waals surface area contributed by atoms with Crippen LogP contribution in [-0.2, 0) is 65.4 Å².